The second-order valence-electron chi connectivity index (χ2n) is 1.45. The van der Waals surface area contributed by atoms with Crippen LogP contribution in [0.3, 0.4) is 0 Å². The summed E-state index contributed by atoms with van der Waals surface area (Å²) in [6.45, 7) is -17.2. The van der Waals surface area contributed by atoms with Crippen LogP contribution in [0.25, 0.3) is 0 Å². The second kappa shape index (κ2) is 2.80. The molecule has 0 aromatic heterocycles. The van der Waals surface area contributed by atoms with Crippen molar-refractivity contribution >= 4 is 6.98 Å². The molecule has 60 valence electrons. The normalized spacial score (nSPS) is 61.3. The van der Waals surface area contributed by atoms with Gasteiger partial charge < -0.3 is 22.4 Å². The first-order valence-corrected chi connectivity index (χ1v) is 2.26. The molecule has 0 aromatic carbocycles. The predicted molar refractivity (Wildman–Crippen MR) is 29.6 cm³/mol. The Morgan fingerprint density at radius 1 is 1.50 bits per heavy atom. The molecule has 1 atom stereocenters. The van der Waals surface area contributed by atoms with Gasteiger partial charge in [-0.15, -0.1) is 0 Å². The summed E-state index contributed by atoms with van der Waals surface area (Å²) in [5, 5.41) is 0. The van der Waals surface area contributed by atoms with Crippen molar-refractivity contribution < 1.29 is 32.0 Å². The van der Waals surface area contributed by atoms with E-state index in [1.165, 1.54) is 0 Å². The summed E-state index contributed by atoms with van der Waals surface area (Å²) in [5.74, 6) is -4.29. The third-order valence-electron chi connectivity index (χ3n) is 0.703. The Morgan fingerprint density at radius 2 is 2.20 bits per heavy atom. The van der Waals surface area contributed by atoms with Crippen molar-refractivity contribution in [1.82, 2.24) is 0 Å². The molecule has 0 spiro atoms. The Hall–Kier alpha value is -0.225. The zero-order valence-corrected chi connectivity index (χ0v) is 4.53. The molecule has 1 unspecified atom stereocenters. The van der Waals surface area contributed by atoms with Crippen molar-refractivity contribution in [2.75, 3.05) is 19.7 Å². The average Bonchev–Trinajstić information content (AvgIpc) is 1.95. The van der Waals surface area contributed by atoms with E-state index in [0.29, 0.717) is 0 Å². The topological polar surface area (TPSA) is 18.5 Å². The molecule has 1 fully saturated rings. The zero-order valence-electron chi connectivity index (χ0n) is 11.5. The molecule has 0 amide bonds. The maximum absolute atomic E-state index is 12.6. The first kappa shape index (κ1) is 2.67. The lowest BCUT2D eigenvalue weighted by molar-refractivity contribution is -0.0691. The van der Waals surface area contributed by atoms with E-state index in [9.17, 15) is 12.9 Å². The van der Waals surface area contributed by atoms with Crippen molar-refractivity contribution in [3.63, 3.8) is 0 Å². The fourth-order valence-electron chi connectivity index (χ4n) is 0.327. The Balaban J connectivity index is 3.28. The third kappa shape index (κ3) is 1.88. The summed E-state index contributed by atoms with van der Waals surface area (Å²) in [7, 11) is 0. The van der Waals surface area contributed by atoms with Gasteiger partial charge in [0.05, 0.1) is 27.3 Å². The summed E-state index contributed by atoms with van der Waals surface area (Å²) in [5.41, 5.74) is 0. The molecule has 0 aliphatic carbocycles. The van der Waals surface area contributed by atoms with Crippen LogP contribution in [0.1, 0.15) is 9.60 Å². The lowest BCUT2D eigenvalue weighted by atomic mass is 9.82. The van der Waals surface area contributed by atoms with Crippen LogP contribution in [0.2, 0.25) is 0 Å². The van der Waals surface area contributed by atoms with Gasteiger partial charge in [-0.05, 0) is 0 Å². The molecule has 0 N–H and O–H groups in total. The summed E-state index contributed by atoms with van der Waals surface area (Å²) in [4.78, 5) is 0. The van der Waals surface area contributed by atoms with E-state index in [1.54, 1.807) is 0 Å². The van der Waals surface area contributed by atoms with Crippen LogP contribution in [0.5, 0.6) is 0 Å². The van der Waals surface area contributed by atoms with Gasteiger partial charge in [0.2, 0.25) is 0 Å². The Morgan fingerprint density at radius 3 is 2.80 bits per heavy atom. The quantitative estimate of drug-likeness (QED) is 0.530. The summed E-state index contributed by atoms with van der Waals surface area (Å²) in [6, 6.07) is 0. The minimum atomic E-state index is -6.29. The minimum absolute atomic E-state index is 3.44. The maximum Gasteiger partial charge on any atom is 0.509 e. The average molecular weight is 162 g/mol. The van der Waals surface area contributed by atoms with Gasteiger partial charge >= 0.3 is 6.98 Å². The first-order valence-electron chi connectivity index (χ1n) is 5.76. The highest BCUT2D eigenvalue weighted by molar-refractivity contribution is 6.60. The van der Waals surface area contributed by atoms with Crippen LogP contribution < -0.4 is 0 Å². The lowest BCUT2D eigenvalue weighted by Crippen LogP contribution is -2.44. The van der Waals surface area contributed by atoms with E-state index < -0.39 is 32.6 Å². The highest BCUT2D eigenvalue weighted by atomic mass is 19.4. The molecule has 0 aromatic rings. The largest absolute Gasteiger partial charge is 0.509 e. The molecule has 0 radical (unpaired) electrons. The van der Waals surface area contributed by atoms with Crippen LogP contribution in [0, 0.1) is 0 Å². The van der Waals surface area contributed by atoms with E-state index in [-0.39, 0.29) is 0 Å². The molecule has 1 saturated heterocycles. The Labute approximate surface area is 66.2 Å². The van der Waals surface area contributed by atoms with Crippen molar-refractivity contribution in [3.8, 4) is 0 Å². The van der Waals surface area contributed by atoms with Crippen LogP contribution in [-0.2, 0) is 9.47 Å². The van der Waals surface area contributed by atoms with Gasteiger partial charge in [0, 0.05) is 7.93 Å². The SMILES string of the molecule is [2H]C1([2H])OC([2H])([2H])C([2H])([B-](F)(F)F)OC1([2H])[2H]. The standard InChI is InChI=1S/C4H7BF3O2/c6-5(7,8)4-3-9-1-2-10-4/h4H,1-3H2/q-1/i1D2,2D2,3D2,4D. The van der Waals surface area contributed by atoms with Crippen molar-refractivity contribution in [1.29, 1.82) is 0 Å². The van der Waals surface area contributed by atoms with Gasteiger partial charge in [0.25, 0.3) is 0 Å². The Kier molecular flexibility index (Phi) is 0.748. The number of hydrogen-bond acceptors (Lipinski definition) is 2. The monoisotopic (exact) mass is 162 g/mol. The third-order valence-corrected chi connectivity index (χ3v) is 0.703. The Bertz CT molecular complexity index is 334. The van der Waals surface area contributed by atoms with Gasteiger partial charge in [-0.2, -0.15) is 0 Å². The highest BCUT2D eigenvalue weighted by Gasteiger charge is 2.37. The molecule has 2 nitrogen and oxygen atoms in total. The van der Waals surface area contributed by atoms with E-state index in [2.05, 4.69) is 9.47 Å². The van der Waals surface area contributed by atoms with Crippen molar-refractivity contribution in [2.24, 2.45) is 0 Å². The van der Waals surface area contributed by atoms with Crippen LogP contribution >= 0.6 is 0 Å². The van der Waals surface area contributed by atoms with Gasteiger partial charge in [-0.1, -0.05) is 0 Å². The number of ether oxygens (including phenoxy) is 2. The van der Waals surface area contributed by atoms with E-state index in [1.807, 2.05) is 0 Å². The van der Waals surface area contributed by atoms with E-state index in [4.69, 9.17) is 9.60 Å². The van der Waals surface area contributed by atoms with Crippen LogP contribution in [-0.4, -0.2) is 32.6 Å². The molecular weight excluding hydrogens is 148 g/mol. The fraction of sp³-hybridized carbons (Fsp3) is 1.00. The minimum Gasteiger partial charge on any atom is -0.447 e. The molecule has 1 rings (SSSR count). The smallest absolute Gasteiger partial charge is 0.447 e. The zero-order chi connectivity index (χ0) is 13.9. The number of hydrogen-bond donors (Lipinski definition) is 0. The number of halogens is 3. The summed E-state index contributed by atoms with van der Waals surface area (Å²) < 4.78 is 93.5. The van der Waals surface area contributed by atoms with E-state index >= 15 is 0 Å². The molecule has 1 aliphatic heterocycles. The van der Waals surface area contributed by atoms with Crippen LogP contribution in [0.4, 0.5) is 12.9 Å². The molecule has 0 bridgehead atoms. The fourth-order valence-corrected chi connectivity index (χ4v) is 0.327. The van der Waals surface area contributed by atoms with Gasteiger partial charge in [-0.3, -0.25) is 0 Å². The first-order chi connectivity index (χ1) is 7.16. The molecule has 1 aliphatic rings. The van der Waals surface area contributed by atoms with Gasteiger partial charge in [0.1, 0.15) is 0 Å². The molecule has 6 heteroatoms. The van der Waals surface area contributed by atoms with Gasteiger partial charge in [0.15, 0.2) is 0 Å². The second-order valence-corrected chi connectivity index (χ2v) is 1.45. The lowest BCUT2D eigenvalue weighted by Gasteiger charge is -2.30. The van der Waals surface area contributed by atoms with E-state index in [0.717, 1.165) is 0 Å². The molecular formula is C4H7BF3O2-. The summed E-state index contributed by atoms with van der Waals surface area (Å²) in [6.07, 6.45) is 0. The number of rotatable bonds is 1. The molecule has 1 heterocycles. The maximum atomic E-state index is 12.6. The van der Waals surface area contributed by atoms with Crippen LogP contribution in [0.15, 0.2) is 0 Å². The predicted octanol–water partition coefficient (Wildman–Crippen LogP) is 0.788. The van der Waals surface area contributed by atoms with Crippen molar-refractivity contribution in [3.05, 3.63) is 0 Å². The highest BCUT2D eigenvalue weighted by Crippen LogP contribution is 2.19. The molecule has 10 heavy (non-hydrogen) atoms. The van der Waals surface area contributed by atoms with Gasteiger partial charge in [-0.25, -0.2) is 0 Å². The van der Waals surface area contributed by atoms with Crippen molar-refractivity contribution in [2.45, 2.75) is 5.98 Å². The summed E-state index contributed by atoms with van der Waals surface area (Å²) >= 11 is 0. The molecule has 0 saturated carbocycles.